The van der Waals surface area contributed by atoms with Crippen molar-refractivity contribution in [2.75, 3.05) is 6.54 Å². The number of aliphatic hydroxyl groups is 1. The zero-order valence-corrected chi connectivity index (χ0v) is 4.99. The van der Waals surface area contributed by atoms with Gasteiger partial charge in [-0.25, -0.2) is 0 Å². The first kappa shape index (κ1) is 6.48. The van der Waals surface area contributed by atoms with E-state index in [1.807, 2.05) is 0 Å². The van der Waals surface area contributed by atoms with Crippen LogP contribution in [-0.4, -0.2) is 22.7 Å². The zero-order chi connectivity index (χ0) is 6.85. The van der Waals surface area contributed by atoms with E-state index in [0.29, 0.717) is 0 Å². The third-order valence-corrected chi connectivity index (χ3v) is 1.50. The summed E-state index contributed by atoms with van der Waals surface area (Å²) in [6, 6.07) is 0. The fourth-order valence-electron chi connectivity index (χ4n) is 0.783. The number of rotatable bonds is 3. The minimum absolute atomic E-state index is 0.218. The molecule has 1 rings (SSSR count). The first-order chi connectivity index (χ1) is 4.20. The van der Waals surface area contributed by atoms with Crippen LogP contribution in [0.25, 0.3) is 0 Å². The predicted octanol–water partition coefficient (Wildman–Crippen LogP) is 0.0340. The van der Waals surface area contributed by atoms with Gasteiger partial charge in [-0.05, 0) is 18.8 Å². The van der Waals surface area contributed by atoms with Crippen LogP contribution in [0.5, 0.6) is 0 Å². The van der Waals surface area contributed by atoms with E-state index in [-0.39, 0.29) is 12.5 Å². The third kappa shape index (κ3) is 1.97. The maximum absolute atomic E-state index is 9.79. The Kier molecular flexibility index (Phi) is 1.66. The molecule has 4 nitrogen and oxygen atoms in total. The number of nitro groups is 1. The lowest BCUT2D eigenvalue weighted by atomic mass is 10.2. The lowest BCUT2D eigenvalue weighted by Crippen LogP contribution is -2.20. The Morgan fingerprint density at radius 3 is 2.67 bits per heavy atom. The minimum Gasteiger partial charge on any atom is -0.386 e. The second-order valence-corrected chi connectivity index (χ2v) is 2.42. The monoisotopic (exact) mass is 131 g/mol. The molecule has 1 aliphatic carbocycles. The highest BCUT2D eigenvalue weighted by molar-refractivity contribution is 4.79. The van der Waals surface area contributed by atoms with E-state index >= 15 is 0 Å². The highest BCUT2D eigenvalue weighted by Crippen LogP contribution is 2.32. The van der Waals surface area contributed by atoms with Gasteiger partial charge in [0, 0.05) is 4.92 Å². The summed E-state index contributed by atoms with van der Waals surface area (Å²) in [5.41, 5.74) is 0. The third-order valence-electron chi connectivity index (χ3n) is 1.50. The maximum Gasteiger partial charge on any atom is 0.229 e. The highest BCUT2D eigenvalue weighted by Gasteiger charge is 2.32. The van der Waals surface area contributed by atoms with Gasteiger partial charge in [0.25, 0.3) is 0 Å². The molecule has 1 atom stereocenters. The van der Waals surface area contributed by atoms with Gasteiger partial charge in [0.1, 0.15) is 6.10 Å². The lowest BCUT2D eigenvalue weighted by molar-refractivity contribution is -0.491. The topological polar surface area (TPSA) is 63.4 Å². The standard InChI is InChI=1S/C5H9NO3/c7-5(3-6(8)9)4-1-2-4/h4-5,7H,1-3H2/t5-/m0/s1. The smallest absolute Gasteiger partial charge is 0.229 e. The van der Waals surface area contributed by atoms with Crippen molar-refractivity contribution in [3.8, 4) is 0 Å². The lowest BCUT2D eigenvalue weighted by Gasteiger charge is -2.00. The quantitative estimate of drug-likeness (QED) is 0.434. The van der Waals surface area contributed by atoms with Gasteiger partial charge in [-0.3, -0.25) is 10.1 Å². The van der Waals surface area contributed by atoms with Crippen LogP contribution in [0.3, 0.4) is 0 Å². The van der Waals surface area contributed by atoms with E-state index in [1.54, 1.807) is 0 Å². The molecule has 0 saturated heterocycles. The molecule has 9 heavy (non-hydrogen) atoms. The van der Waals surface area contributed by atoms with Crippen molar-refractivity contribution in [1.82, 2.24) is 0 Å². The second-order valence-electron chi connectivity index (χ2n) is 2.42. The fourth-order valence-corrected chi connectivity index (χ4v) is 0.783. The molecular weight excluding hydrogens is 122 g/mol. The molecule has 0 radical (unpaired) electrons. The molecule has 0 aromatic rings. The Balaban J connectivity index is 2.17. The molecule has 0 amide bonds. The summed E-state index contributed by atoms with van der Waals surface area (Å²) in [4.78, 5) is 9.32. The van der Waals surface area contributed by atoms with Crippen molar-refractivity contribution in [1.29, 1.82) is 0 Å². The molecule has 0 heterocycles. The van der Waals surface area contributed by atoms with Crippen molar-refractivity contribution in [2.45, 2.75) is 18.9 Å². The summed E-state index contributed by atoms with van der Waals surface area (Å²) in [6.45, 7) is -0.287. The molecule has 1 N–H and O–H groups in total. The van der Waals surface area contributed by atoms with Gasteiger partial charge >= 0.3 is 0 Å². The zero-order valence-electron chi connectivity index (χ0n) is 4.99. The van der Waals surface area contributed by atoms with Crippen molar-refractivity contribution in [3.05, 3.63) is 10.1 Å². The van der Waals surface area contributed by atoms with E-state index in [9.17, 15) is 10.1 Å². The molecule has 0 bridgehead atoms. The van der Waals surface area contributed by atoms with Crippen LogP contribution < -0.4 is 0 Å². The average Bonchev–Trinajstić information content (AvgIpc) is 2.40. The number of aliphatic hydroxyl groups excluding tert-OH is 1. The van der Waals surface area contributed by atoms with Crippen molar-refractivity contribution >= 4 is 0 Å². The van der Waals surface area contributed by atoms with Gasteiger partial charge in [0.15, 0.2) is 0 Å². The molecule has 0 unspecified atom stereocenters. The van der Waals surface area contributed by atoms with Crippen molar-refractivity contribution < 1.29 is 10.0 Å². The van der Waals surface area contributed by atoms with Crippen LogP contribution in [0.1, 0.15) is 12.8 Å². The summed E-state index contributed by atoms with van der Waals surface area (Å²) in [6.07, 6.45) is 1.21. The van der Waals surface area contributed by atoms with Gasteiger partial charge in [0.05, 0.1) is 0 Å². The highest BCUT2D eigenvalue weighted by atomic mass is 16.6. The number of hydrogen-bond acceptors (Lipinski definition) is 3. The normalized spacial score (nSPS) is 21.4. The molecule has 1 aliphatic rings. The van der Waals surface area contributed by atoms with Gasteiger partial charge in [-0.2, -0.15) is 0 Å². The van der Waals surface area contributed by atoms with E-state index in [2.05, 4.69) is 0 Å². The molecule has 1 saturated carbocycles. The van der Waals surface area contributed by atoms with E-state index in [0.717, 1.165) is 12.8 Å². The molecule has 0 aromatic heterocycles. The molecule has 4 heteroatoms. The van der Waals surface area contributed by atoms with E-state index in [4.69, 9.17) is 5.11 Å². The Labute approximate surface area is 52.6 Å². The van der Waals surface area contributed by atoms with Gasteiger partial charge < -0.3 is 5.11 Å². The van der Waals surface area contributed by atoms with Crippen molar-refractivity contribution in [3.63, 3.8) is 0 Å². The first-order valence-electron chi connectivity index (χ1n) is 3.00. The van der Waals surface area contributed by atoms with E-state index < -0.39 is 11.0 Å². The van der Waals surface area contributed by atoms with Gasteiger partial charge in [0.2, 0.25) is 6.54 Å². The summed E-state index contributed by atoms with van der Waals surface area (Å²) >= 11 is 0. The molecule has 1 fully saturated rings. The summed E-state index contributed by atoms with van der Waals surface area (Å²) in [5, 5.41) is 18.7. The largest absolute Gasteiger partial charge is 0.386 e. The Hall–Kier alpha value is -0.640. The SMILES string of the molecule is O=[N+]([O-])C[C@H](O)C1CC1. The Bertz CT molecular complexity index is 121. The predicted molar refractivity (Wildman–Crippen MR) is 30.6 cm³/mol. The molecule has 52 valence electrons. The molecule has 0 aliphatic heterocycles. The summed E-state index contributed by atoms with van der Waals surface area (Å²) < 4.78 is 0. The fraction of sp³-hybridized carbons (Fsp3) is 1.00. The minimum atomic E-state index is -0.694. The Morgan fingerprint density at radius 2 is 2.33 bits per heavy atom. The van der Waals surface area contributed by atoms with Crippen LogP contribution in [0.15, 0.2) is 0 Å². The van der Waals surface area contributed by atoms with Crippen molar-refractivity contribution in [2.24, 2.45) is 5.92 Å². The molecule has 0 spiro atoms. The number of nitrogens with zero attached hydrogens (tertiary/aromatic N) is 1. The second kappa shape index (κ2) is 2.31. The van der Waals surface area contributed by atoms with Crippen LogP contribution in [0.2, 0.25) is 0 Å². The first-order valence-corrected chi connectivity index (χ1v) is 3.00. The summed E-state index contributed by atoms with van der Waals surface area (Å²) in [5.74, 6) is 0.218. The van der Waals surface area contributed by atoms with Crippen LogP contribution in [0.4, 0.5) is 0 Å². The van der Waals surface area contributed by atoms with Crippen LogP contribution >= 0.6 is 0 Å². The maximum atomic E-state index is 9.79. The van der Waals surface area contributed by atoms with Crippen LogP contribution in [0, 0.1) is 16.0 Å². The van der Waals surface area contributed by atoms with Gasteiger partial charge in [-0.1, -0.05) is 0 Å². The molecule has 0 aromatic carbocycles. The van der Waals surface area contributed by atoms with Crippen LogP contribution in [-0.2, 0) is 0 Å². The van der Waals surface area contributed by atoms with Gasteiger partial charge in [-0.15, -0.1) is 0 Å². The number of hydrogen-bond donors (Lipinski definition) is 1. The average molecular weight is 131 g/mol. The van der Waals surface area contributed by atoms with E-state index in [1.165, 1.54) is 0 Å². The Morgan fingerprint density at radius 1 is 1.78 bits per heavy atom. The summed E-state index contributed by atoms with van der Waals surface area (Å²) in [7, 11) is 0. The molecular formula is C5H9NO3.